The Morgan fingerprint density at radius 3 is 2.87 bits per heavy atom. The van der Waals surface area contributed by atoms with Crippen LogP contribution in [0.4, 0.5) is 5.69 Å². The summed E-state index contributed by atoms with van der Waals surface area (Å²) in [5, 5.41) is 3.55. The van der Waals surface area contributed by atoms with Crippen LogP contribution in [0.15, 0.2) is 12.1 Å². The van der Waals surface area contributed by atoms with E-state index in [9.17, 15) is 4.79 Å². The van der Waals surface area contributed by atoms with Crippen LogP contribution in [-0.2, 0) is 0 Å². The van der Waals surface area contributed by atoms with Crippen molar-refractivity contribution in [2.24, 2.45) is 0 Å². The first-order valence-electron chi connectivity index (χ1n) is 8.33. The van der Waals surface area contributed by atoms with Gasteiger partial charge >= 0.3 is 0 Å². The van der Waals surface area contributed by atoms with Crippen LogP contribution in [0, 0.1) is 0 Å². The highest BCUT2D eigenvalue weighted by Crippen LogP contribution is 2.37. The molecule has 0 bridgehead atoms. The lowest BCUT2D eigenvalue weighted by Gasteiger charge is -2.29. The lowest BCUT2D eigenvalue weighted by Crippen LogP contribution is -2.32. The highest BCUT2D eigenvalue weighted by atomic mass is 35.5. The third-order valence-corrected chi connectivity index (χ3v) is 4.72. The van der Waals surface area contributed by atoms with Crippen LogP contribution in [0.25, 0.3) is 0 Å². The summed E-state index contributed by atoms with van der Waals surface area (Å²) in [4.78, 5) is 17.0. The van der Waals surface area contributed by atoms with Crippen LogP contribution < -0.4 is 15.0 Å². The Bertz CT molecular complexity index is 573. The summed E-state index contributed by atoms with van der Waals surface area (Å²) < 4.78 is 5.72. The predicted octanol–water partition coefficient (Wildman–Crippen LogP) is 2.38. The first-order valence-corrected chi connectivity index (χ1v) is 8.71. The van der Waals surface area contributed by atoms with Crippen LogP contribution in [0.5, 0.6) is 5.75 Å². The maximum absolute atomic E-state index is 12.5. The summed E-state index contributed by atoms with van der Waals surface area (Å²) in [6.07, 6.45) is 3.56. The number of carbonyl (C=O) groups excluding carboxylic acids is 1. The van der Waals surface area contributed by atoms with Crippen molar-refractivity contribution in [3.8, 4) is 5.75 Å². The number of carbonyl (C=O) groups is 1. The van der Waals surface area contributed by atoms with Crippen molar-refractivity contribution in [3.05, 3.63) is 22.7 Å². The van der Waals surface area contributed by atoms with Crippen molar-refractivity contribution in [1.29, 1.82) is 0 Å². The fourth-order valence-corrected chi connectivity index (χ4v) is 3.41. The van der Waals surface area contributed by atoms with E-state index in [1.807, 2.05) is 13.1 Å². The van der Waals surface area contributed by atoms with E-state index < -0.39 is 0 Å². The molecular formula is C17H24ClN3O2. The second-order valence-electron chi connectivity index (χ2n) is 6.23. The molecule has 2 heterocycles. The molecule has 23 heavy (non-hydrogen) atoms. The van der Waals surface area contributed by atoms with Crippen molar-refractivity contribution in [3.63, 3.8) is 0 Å². The number of hydrogen-bond donors (Lipinski definition) is 1. The molecule has 1 aromatic carbocycles. The molecule has 1 aromatic rings. The summed E-state index contributed by atoms with van der Waals surface area (Å²) in [6.45, 7) is 5.48. The van der Waals surface area contributed by atoms with E-state index in [1.54, 1.807) is 6.07 Å². The van der Waals surface area contributed by atoms with Crippen molar-refractivity contribution >= 4 is 23.2 Å². The molecule has 2 aliphatic rings. The van der Waals surface area contributed by atoms with Crippen LogP contribution in [-0.4, -0.2) is 57.2 Å². The molecule has 0 radical (unpaired) electrons. The van der Waals surface area contributed by atoms with E-state index in [4.69, 9.17) is 16.3 Å². The highest BCUT2D eigenvalue weighted by Gasteiger charge is 2.23. The quantitative estimate of drug-likeness (QED) is 0.838. The second kappa shape index (κ2) is 7.41. The number of amides is 1. The maximum atomic E-state index is 12.5. The SMILES string of the molecule is CN1CCOc2c(C(=O)NCCCN3CCCC3)cc(Cl)cc21. The zero-order valence-corrected chi connectivity index (χ0v) is 14.4. The van der Waals surface area contributed by atoms with Gasteiger partial charge in [0.05, 0.1) is 17.8 Å². The fourth-order valence-electron chi connectivity index (χ4n) is 3.19. The number of nitrogens with one attached hydrogen (secondary N) is 1. The number of likely N-dealkylation sites (N-methyl/N-ethyl adjacent to an activating group) is 1. The average molecular weight is 338 g/mol. The van der Waals surface area contributed by atoms with Gasteiger partial charge in [-0.05, 0) is 51.0 Å². The molecule has 1 fully saturated rings. The Balaban J connectivity index is 1.60. The second-order valence-corrected chi connectivity index (χ2v) is 6.67. The monoisotopic (exact) mass is 337 g/mol. The van der Waals surface area contributed by atoms with Gasteiger partial charge in [0.2, 0.25) is 0 Å². The van der Waals surface area contributed by atoms with E-state index in [0.717, 1.165) is 25.2 Å². The molecule has 126 valence electrons. The van der Waals surface area contributed by atoms with Gasteiger partial charge in [-0.1, -0.05) is 11.6 Å². The van der Waals surface area contributed by atoms with Crippen LogP contribution in [0.3, 0.4) is 0 Å². The zero-order chi connectivity index (χ0) is 16.2. The Kier molecular flexibility index (Phi) is 5.28. The van der Waals surface area contributed by atoms with Gasteiger partial charge in [0.15, 0.2) is 5.75 Å². The number of ether oxygens (including phenoxy) is 1. The maximum Gasteiger partial charge on any atom is 0.255 e. The molecule has 0 atom stereocenters. The van der Waals surface area contributed by atoms with Gasteiger partial charge in [-0.2, -0.15) is 0 Å². The van der Waals surface area contributed by atoms with E-state index in [2.05, 4.69) is 15.1 Å². The number of benzene rings is 1. The minimum Gasteiger partial charge on any atom is -0.489 e. The summed E-state index contributed by atoms with van der Waals surface area (Å²) in [5.74, 6) is 0.528. The molecule has 6 heteroatoms. The molecule has 3 rings (SSSR count). The molecule has 0 aliphatic carbocycles. The van der Waals surface area contributed by atoms with Gasteiger partial charge < -0.3 is 19.9 Å². The van der Waals surface area contributed by atoms with E-state index in [-0.39, 0.29) is 5.91 Å². The van der Waals surface area contributed by atoms with Crippen molar-refractivity contribution in [2.45, 2.75) is 19.3 Å². The largest absolute Gasteiger partial charge is 0.489 e. The Morgan fingerprint density at radius 2 is 2.09 bits per heavy atom. The van der Waals surface area contributed by atoms with Gasteiger partial charge in [-0.15, -0.1) is 0 Å². The first kappa shape index (κ1) is 16.4. The molecule has 0 spiro atoms. The third kappa shape index (κ3) is 3.90. The first-order chi connectivity index (χ1) is 11.1. The number of nitrogens with zero attached hydrogens (tertiary/aromatic N) is 2. The van der Waals surface area contributed by atoms with Crippen molar-refractivity contribution in [2.75, 3.05) is 51.3 Å². The molecule has 5 nitrogen and oxygen atoms in total. The molecule has 1 saturated heterocycles. The van der Waals surface area contributed by atoms with Gasteiger partial charge in [-0.3, -0.25) is 4.79 Å². The van der Waals surface area contributed by atoms with Gasteiger partial charge in [0.25, 0.3) is 5.91 Å². The summed E-state index contributed by atoms with van der Waals surface area (Å²) in [5.41, 5.74) is 1.41. The predicted molar refractivity (Wildman–Crippen MR) is 92.8 cm³/mol. The number of hydrogen-bond acceptors (Lipinski definition) is 4. The van der Waals surface area contributed by atoms with E-state index in [0.29, 0.717) is 29.5 Å². The van der Waals surface area contributed by atoms with Gasteiger partial charge in [0, 0.05) is 18.6 Å². The highest BCUT2D eigenvalue weighted by molar-refractivity contribution is 6.31. The summed E-state index contributed by atoms with van der Waals surface area (Å²) in [7, 11) is 1.98. The minimum absolute atomic E-state index is 0.111. The van der Waals surface area contributed by atoms with Crippen molar-refractivity contribution < 1.29 is 9.53 Å². The Hall–Kier alpha value is -1.46. The Morgan fingerprint density at radius 1 is 1.30 bits per heavy atom. The van der Waals surface area contributed by atoms with Gasteiger partial charge in [-0.25, -0.2) is 0 Å². The molecular weight excluding hydrogens is 314 g/mol. The number of likely N-dealkylation sites (tertiary alicyclic amines) is 1. The number of anilines is 1. The lowest BCUT2D eigenvalue weighted by molar-refractivity contribution is 0.0947. The van der Waals surface area contributed by atoms with Crippen LogP contribution >= 0.6 is 11.6 Å². The van der Waals surface area contributed by atoms with Gasteiger partial charge in [0.1, 0.15) is 6.61 Å². The Labute approximate surface area is 142 Å². The van der Waals surface area contributed by atoms with Crippen LogP contribution in [0.1, 0.15) is 29.6 Å². The minimum atomic E-state index is -0.111. The molecule has 0 unspecified atom stereocenters. The smallest absolute Gasteiger partial charge is 0.255 e. The summed E-state index contributed by atoms with van der Waals surface area (Å²) >= 11 is 6.17. The average Bonchev–Trinajstić information content (AvgIpc) is 3.05. The lowest BCUT2D eigenvalue weighted by atomic mass is 10.1. The van der Waals surface area contributed by atoms with Crippen LogP contribution in [0.2, 0.25) is 5.02 Å². The zero-order valence-electron chi connectivity index (χ0n) is 13.6. The van der Waals surface area contributed by atoms with E-state index >= 15 is 0 Å². The topological polar surface area (TPSA) is 44.8 Å². The standard InChI is InChI=1S/C17H24ClN3O2/c1-20-9-10-23-16-14(11-13(18)12-15(16)20)17(22)19-5-4-8-21-6-2-3-7-21/h11-12H,2-10H2,1H3,(H,19,22). The molecule has 1 amide bonds. The fraction of sp³-hybridized carbons (Fsp3) is 0.588. The van der Waals surface area contributed by atoms with E-state index in [1.165, 1.54) is 25.9 Å². The molecule has 1 N–H and O–H groups in total. The number of halogens is 1. The van der Waals surface area contributed by atoms with Crippen molar-refractivity contribution in [1.82, 2.24) is 10.2 Å². The molecule has 0 saturated carbocycles. The number of fused-ring (bicyclic) bond motifs is 1. The molecule has 0 aromatic heterocycles. The number of rotatable bonds is 5. The normalized spacial score (nSPS) is 17.7. The summed E-state index contributed by atoms with van der Waals surface area (Å²) in [6, 6.07) is 3.54. The molecule has 2 aliphatic heterocycles. The third-order valence-electron chi connectivity index (χ3n) is 4.50.